The number of hydrogen-bond acceptors (Lipinski definition) is 5. The Hall–Kier alpha value is -1.66. The molecule has 1 aromatic heterocycles. The second kappa shape index (κ2) is 7.27. The number of pyridine rings is 1. The molecule has 0 radical (unpaired) electrons. The summed E-state index contributed by atoms with van der Waals surface area (Å²) in [6, 6.07) is 5.86. The minimum atomic E-state index is -0.131. The summed E-state index contributed by atoms with van der Waals surface area (Å²) in [6.07, 6.45) is 3.89. The van der Waals surface area contributed by atoms with Crippen LogP contribution in [0.2, 0.25) is 0 Å². The minimum Gasteiger partial charge on any atom is -0.372 e. The number of rotatable bonds is 7. The number of ether oxygens (including phenoxy) is 2. The molecule has 2 aliphatic rings. The molecule has 0 unspecified atom stereocenters. The van der Waals surface area contributed by atoms with Gasteiger partial charge < -0.3 is 19.7 Å². The average Bonchev–Trinajstić information content (AvgIpc) is 2.96. The molecule has 1 spiro atoms. The summed E-state index contributed by atoms with van der Waals surface area (Å²) in [6.45, 7) is 5.72. The molecule has 1 atom stereocenters. The molecule has 0 aromatic carbocycles. The van der Waals surface area contributed by atoms with Gasteiger partial charge >= 0.3 is 0 Å². The highest BCUT2D eigenvalue weighted by Crippen LogP contribution is 2.41. The van der Waals surface area contributed by atoms with Gasteiger partial charge in [0, 0.05) is 26.0 Å². The maximum absolute atomic E-state index is 12.0. The predicted octanol–water partition coefficient (Wildman–Crippen LogP) is 1.54. The molecular formula is C17H25N3O3. The van der Waals surface area contributed by atoms with Crippen molar-refractivity contribution >= 4 is 11.7 Å². The summed E-state index contributed by atoms with van der Waals surface area (Å²) in [5.74, 6) is 1.47. The summed E-state index contributed by atoms with van der Waals surface area (Å²) in [5.41, 5.74) is -0.131. The quantitative estimate of drug-likeness (QED) is 0.826. The first-order chi connectivity index (χ1) is 11.2. The van der Waals surface area contributed by atoms with E-state index in [1.807, 2.05) is 30.0 Å². The van der Waals surface area contributed by atoms with Crippen LogP contribution in [0, 0.1) is 5.92 Å². The zero-order valence-electron chi connectivity index (χ0n) is 13.7. The first kappa shape index (κ1) is 16.2. The van der Waals surface area contributed by atoms with E-state index in [0.29, 0.717) is 25.6 Å². The van der Waals surface area contributed by atoms with Crippen LogP contribution in [-0.4, -0.2) is 60.8 Å². The minimum absolute atomic E-state index is 0.0679. The lowest BCUT2D eigenvalue weighted by Gasteiger charge is -2.50. The normalized spacial score (nSPS) is 22.1. The third kappa shape index (κ3) is 3.64. The van der Waals surface area contributed by atoms with Crippen LogP contribution in [0.3, 0.4) is 0 Å². The van der Waals surface area contributed by atoms with E-state index in [1.54, 1.807) is 6.20 Å². The Kier molecular flexibility index (Phi) is 5.13. The number of nitrogens with zero attached hydrogens (tertiary/aromatic N) is 2. The molecule has 0 bridgehead atoms. The Morgan fingerprint density at radius 2 is 2.39 bits per heavy atom. The van der Waals surface area contributed by atoms with E-state index >= 15 is 0 Å². The van der Waals surface area contributed by atoms with Crippen molar-refractivity contribution in [1.29, 1.82) is 0 Å². The lowest BCUT2D eigenvalue weighted by atomic mass is 9.79. The van der Waals surface area contributed by atoms with Crippen LogP contribution in [-0.2, 0) is 14.3 Å². The maximum atomic E-state index is 12.0. The molecule has 2 fully saturated rings. The van der Waals surface area contributed by atoms with Crippen molar-refractivity contribution < 1.29 is 14.3 Å². The predicted molar refractivity (Wildman–Crippen MR) is 87.2 cm³/mol. The standard InChI is InChI=1S/C17H25N3O3/c1-2-22-11-16(21)20-12-17(13-20)14(7-10-23-17)6-9-19-15-5-3-4-8-18-15/h3-5,8,14H,2,6-7,9-13H2,1H3,(H,18,19)/t14-/m1/s1. The summed E-state index contributed by atoms with van der Waals surface area (Å²) in [4.78, 5) is 18.1. The van der Waals surface area contributed by atoms with Crippen molar-refractivity contribution in [2.75, 3.05) is 44.8 Å². The van der Waals surface area contributed by atoms with E-state index in [2.05, 4.69) is 10.3 Å². The fourth-order valence-electron chi connectivity index (χ4n) is 3.44. The molecule has 1 aromatic rings. The number of hydrogen-bond donors (Lipinski definition) is 1. The fourth-order valence-corrected chi connectivity index (χ4v) is 3.44. The molecule has 0 saturated carbocycles. The third-order valence-electron chi connectivity index (χ3n) is 4.76. The van der Waals surface area contributed by atoms with Crippen LogP contribution in [0.15, 0.2) is 24.4 Å². The Balaban J connectivity index is 1.45. The van der Waals surface area contributed by atoms with Crippen molar-refractivity contribution in [3.8, 4) is 0 Å². The van der Waals surface area contributed by atoms with Gasteiger partial charge in [0.05, 0.1) is 13.1 Å². The maximum Gasteiger partial charge on any atom is 0.248 e. The number of carbonyl (C=O) groups excluding carboxylic acids is 1. The van der Waals surface area contributed by atoms with Gasteiger partial charge in [-0.1, -0.05) is 6.07 Å². The molecule has 126 valence electrons. The summed E-state index contributed by atoms with van der Waals surface area (Å²) < 4.78 is 11.2. The lowest BCUT2D eigenvalue weighted by Crippen LogP contribution is -2.66. The second-order valence-electron chi connectivity index (χ2n) is 6.22. The van der Waals surface area contributed by atoms with Gasteiger partial charge in [0.1, 0.15) is 18.0 Å². The molecule has 3 heterocycles. The SMILES string of the molecule is CCOCC(=O)N1CC2(C1)OCC[C@H]2CCNc1ccccn1. The number of anilines is 1. The zero-order chi connectivity index (χ0) is 16.1. The van der Waals surface area contributed by atoms with E-state index in [9.17, 15) is 4.79 Å². The Morgan fingerprint density at radius 3 is 3.13 bits per heavy atom. The van der Waals surface area contributed by atoms with Gasteiger partial charge in [-0.3, -0.25) is 4.79 Å². The molecule has 0 aliphatic carbocycles. The average molecular weight is 319 g/mol. The Labute approximate surface area is 137 Å². The Morgan fingerprint density at radius 1 is 1.52 bits per heavy atom. The number of amides is 1. The largest absolute Gasteiger partial charge is 0.372 e. The van der Waals surface area contributed by atoms with E-state index in [1.165, 1.54) is 0 Å². The van der Waals surface area contributed by atoms with Gasteiger partial charge in [-0.15, -0.1) is 0 Å². The highest BCUT2D eigenvalue weighted by atomic mass is 16.5. The highest BCUT2D eigenvalue weighted by molar-refractivity contribution is 5.78. The van der Waals surface area contributed by atoms with Crippen molar-refractivity contribution in [2.45, 2.75) is 25.4 Å². The lowest BCUT2D eigenvalue weighted by molar-refractivity contribution is -0.169. The van der Waals surface area contributed by atoms with Gasteiger partial charge in [-0.2, -0.15) is 0 Å². The number of carbonyl (C=O) groups is 1. The second-order valence-corrected chi connectivity index (χ2v) is 6.22. The van der Waals surface area contributed by atoms with Crippen LogP contribution in [0.4, 0.5) is 5.82 Å². The molecule has 1 N–H and O–H groups in total. The number of aromatic nitrogens is 1. The number of likely N-dealkylation sites (tertiary alicyclic amines) is 1. The van der Waals surface area contributed by atoms with E-state index in [4.69, 9.17) is 9.47 Å². The third-order valence-corrected chi connectivity index (χ3v) is 4.76. The monoisotopic (exact) mass is 319 g/mol. The van der Waals surface area contributed by atoms with Crippen LogP contribution in [0.25, 0.3) is 0 Å². The fraction of sp³-hybridized carbons (Fsp3) is 0.647. The van der Waals surface area contributed by atoms with Crippen molar-refractivity contribution in [3.63, 3.8) is 0 Å². The molecule has 23 heavy (non-hydrogen) atoms. The van der Waals surface area contributed by atoms with Crippen molar-refractivity contribution in [1.82, 2.24) is 9.88 Å². The summed E-state index contributed by atoms with van der Waals surface area (Å²) in [5, 5.41) is 3.35. The smallest absolute Gasteiger partial charge is 0.248 e. The van der Waals surface area contributed by atoms with Crippen LogP contribution >= 0.6 is 0 Å². The zero-order valence-corrected chi connectivity index (χ0v) is 13.7. The van der Waals surface area contributed by atoms with Crippen LogP contribution < -0.4 is 5.32 Å². The molecular weight excluding hydrogens is 294 g/mol. The van der Waals surface area contributed by atoms with Gasteiger partial charge in [-0.25, -0.2) is 4.98 Å². The summed E-state index contributed by atoms with van der Waals surface area (Å²) in [7, 11) is 0. The van der Waals surface area contributed by atoms with Crippen molar-refractivity contribution in [3.05, 3.63) is 24.4 Å². The molecule has 6 heteroatoms. The van der Waals surface area contributed by atoms with Gasteiger partial charge in [-0.05, 0) is 37.8 Å². The van der Waals surface area contributed by atoms with Crippen LogP contribution in [0.5, 0.6) is 0 Å². The van der Waals surface area contributed by atoms with Gasteiger partial charge in [0.2, 0.25) is 5.91 Å². The van der Waals surface area contributed by atoms with Crippen LogP contribution in [0.1, 0.15) is 19.8 Å². The highest BCUT2D eigenvalue weighted by Gasteiger charge is 2.53. The molecule has 2 saturated heterocycles. The van der Waals surface area contributed by atoms with Crippen molar-refractivity contribution in [2.24, 2.45) is 5.92 Å². The topological polar surface area (TPSA) is 63.7 Å². The summed E-state index contributed by atoms with van der Waals surface area (Å²) >= 11 is 0. The van der Waals surface area contributed by atoms with E-state index < -0.39 is 0 Å². The van der Waals surface area contributed by atoms with E-state index in [0.717, 1.165) is 31.8 Å². The molecule has 1 amide bonds. The molecule has 3 rings (SSSR count). The molecule has 6 nitrogen and oxygen atoms in total. The first-order valence-electron chi connectivity index (χ1n) is 8.38. The van der Waals surface area contributed by atoms with E-state index in [-0.39, 0.29) is 18.1 Å². The Bertz CT molecular complexity index is 517. The molecule has 2 aliphatic heterocycles. The number of nitrogens with one attached hydrogen (secondary N) is 1. The van der Waals surface area contributed by atoms with Gasteiger partial charge in [0.15, 0.2) is 0 Å². The first-order valence-corrected chi connectivity index (χ1v) is 8.38. The van der Waals surface area contributed by atoms with Gasteiger partial charge in [0.25, 0.3) is 0 Å².